The molecule has 1 aromatic carbocycles. The normalized spacial score (nSPS) is 11.4. The van der Waals surface area contributed by atoms with E-state index in [1.807, 2.05) is 24.3 Å². The van der Waals surface area contributed by atoms with Gasteiger partial charge in [0, 0.05) is 34.4 Å². The molecule has 0 saturated heterocycles. The van der Waals surface area contributed by atoms with Crippen molar-refractivity contribution in [3.8, 4) is 39.7 Å². The van der Waals surface area contributed by atoms with Crippen LogP contribution in [0.25, 0.3) is 55.8 Å². The molecule has 0 amide bonds. The van der Waals surface area contributed by atoms with E-state index in [0.29, 0.717) is 22.5 Å². The minimum absolute atomic E-state index is 0.0771. The van der Waals surface area contributed by atoms with Crippen LogP contribution in [0.1, 0.15) is 0 Å². The van der Waals surface area contributed by atoms with Crippen molar-refractivity contribution in [1.82, 2.24) is 30.1 Å². The first-order chi connectivity index (χ1) is 15.7. The molecule has 0 aliphatic heterocycles. The van der Waals surface area contributed by atoms with Crippen LogP contribution in [0, 0.1) is 5.82 Å². The predicted molar refractivity (Wildman–Crippen MR) is 119 cm³/mol. The van der Waals surface area contributed by atoms with E-state index in [-0.39, 0.29) is 11.6 Å². The molecule has 0 unspecified atom stereocenters. The average Bonchev–Trinajstić information content (AvgIpc) is 3.43. The first kappa shape index (κ1) is 18.2. The Bertz CT molecular complexity index is 1600. The van der Waals surface area contributed by atoms with Gasteiger partial charge in [-0.1, -0.05) is 0 Å². The Hall–Kier alpha value is -4.59. The third-order valence-electron chi connectivity index (χ3n) is 5.35. The summed E-state index contributed by atoms with van der Waals surface area (Å²) in [5, 5.41) is 18.1. The first-order valence-electron chi connectivity index (χ1n) is 9.89. The molecule has 6 aromatic rings. The van der Waals surface area contributed by atoms with Gasteiger partial charge in [-0.3, -0.25) is 15.1 Å². The van der Waals surface area contributed by atoms with Crippen molar-refractivity contribution >= 4 is 21.9 Å². The van der Waals surface area contributed by atoms with Crippen molar-refractivity contribution in [3.63, 3.8) is 0 Å². The molecule has 0 fully saturated rings. The highest BCUT2D eigenvalue weighted by atomic mass is 19.1. The summed E-state index contributed by atoms with van der Waals surface area (Å²) in [6.07, 6.45) is 4.74. The summed E-state index contributed by atoms with van der Waals surface area (Å²) in [4.78, 5) is 16.7. The molecule has 7 nitrogen and oxygen atoms in total. The highest BCUT2D eigenvalue weighted by Crippen LogP contribution is 2.33. The number of nitrogens with zero attached hydrogens (tertiary/aromatic N) is 4. The van der Waals surface area contributed by atoms with Crippen LogP contribution >= 0.6 is 0 Å². The Kier molecular flexibility index (Phi) is 3.97. The van der Waals surface area contributed by atoms with Gasteiger partial charge in [0.2, 0.25) is 0 Å². The fraction of sp³-hybridized carbons (Fsp3) is 0. The molecule has 0 bridgehead atoms. The molecule has 3 N–H and O–H groups in total. The van der Waals surface area contributed by atoms with Crippen molar-refractivity contribution in [3.05, 3.63) is 79.0 Å². The Morgan fingerprint density at radius 2 is 1.72 bits per heavy atom. The molecule has 6 rings (SSSR count). The van der Waals surface area contributed by atoms with E-state index >= 15 is 0 Å². The standard InChI is InChI=1S/C24H15FN6O/c25-15-3-1-13(2-4-15)22-17-10-21(28-19(17)7-8-27-22)24-23-20(30-31-24)6-5-18(29-23)14-9-16(32)12-26-11-14/h1-12,28,32H,(H,30,31). The second-order valence-corrected chi connectivity index (χ2v) is 7.41. The molecular weight excluding hydrogens is 407 g/mol. The second-order valence-electron chi connectivity index (χ2n) is 7.41. The number of hydrogen-bond donors (Lipinski definition) is 3. The van der Waals surface area contributed by atoms with E-state index in [1.54, 1.807) is 30.6 Å². The zero-order valence-corrected chi connectivity index (χ0v) is 16.5. The minimum Gasteiger partial charge on any atom is -0.506 e. The van der Waals surface area contributed by atoms with Gasteiger partial charge in [-0.15, -0.1) is 0 Å². The topological polar surface area (TPSA) is 103 Å². The van der Waals surface area contributed by atoms with Gasteiger partial charge in [-0.05, 0) is 54.6 Å². The van der Waals surface area contributed by atoms with Gasteiger partial charge in [-0.2, -0.15) is 5.10 Å². The number of fused-ring (bicyclic) bond motifs is 2. The fourth-order valence-corrected chi connectivity index (χ4v) is 3.83. The van der Waals surface area contributed by atoms with Crippen LogP contribution in [0.4, 0.5) is 4.39 Å². The Balaban J connectivity index is 1.50. The lowest BCUT2D eigenvalue weighted by atomic mass is 10.1. The van der Waals surface area contributed by atoms with Gasteiger partial charge in [0.05, 0.1) is 28.8 Å². The van der Waals surface area contributed by atoms with E-state index in [4.69, 9.17) is 4.98 Å². The van der Waals surface area contributed by atoms with Crippen molar-refractivity contribution < 1.29 is 9.50 Å². The molecule has 5 aromatic heterocycles. The van der Waals surface area contributed by atoms with Crippen molar-refractivity contribution in [2.75, 3.05) is 0 Å². The monoisotopic (exact) mass is 422 g/mol. The summed E-state index contributed by atoms with van der Waals surface area (Å²) in [5.41, 5.74) is 6.76. The van der Waals surface area contributed by atoms with Gasteiger partial charge in [-0.25, -0.2) is 9.37 Å². The summed E-state index contributed by atoms with van der Waals surface area (Å²) >= 11 is 0. The number of benzene rings is 1. The lowest BCUT2D eigenvalue weighted by Crippen LogP contribution is -1.86. The molecule has 5 heterocycles. The number of pyridine rings is 3. The number of hydrogen-bond acceptors (Lipinski definition) is 5. The van der Waals surface area contributed by atoms with Gasteiger partial charge < -0.3 is 10.1 Å². The number of nitrogens with one attached hydrogen (secondary N) is 2. The molecule has 8 heteroatoms. The summed E-state index contributed by atoms with van der Waals surface area (Å²) in [5.74, 6) is -0.212. The molecule has 0 radical (unpaired) electrons. The van der Waals surface area contributed by atoms with Crippen LogP contribution in [0.3, 0.4) is 0 Å². The van der Waals surface area contributed by atoms with Crippen molar-refractivity contribution in [2.45, 2.75) is 0 Å². The summed E-state index contributed by atoms with van der Waals surface area (Å²) in [7, 11) is 0. The molecule has 0 aliphatic carbocycles. The summed E-state index contributed by atoms with van der Waals surface area (Å²) in [6.45, 7) is 0. The van der Waals surface area contributed by atoms with Crippen molar-refractivity contribution in [2.24, 2.45) is 0 Å². The quantitative estimate of drug-likeness (QED) is 0.369. The number of aromatic amines is 2. The van der Waals surface area contributed by atoms with Gasteiger partial charge in [0.25, 0.3) is 0 Å². The van der Waals surface area contributed by atoms with Crippen LogP contribution in [0.5, 0.6) is 5.75 Å². The number of H-pyrrole nitrogens is 2. The lowest BCUT2D eigenvalue weighted by molar-refractivity contribution is 0.473. The first-order valence-corrected chi connectivity index (χ1v) is 9.89. The Morgan fingerprint density at radius 3 is 2.56 bits per heavy atom. The van der Waals surface area contributed by atoms with Crippen LogP contribution in [-0.4, -0.2) is 35.2 Å². The molecule has 0 saturated carbocycles. The van der Waals surface area contributed by atoms with Crippen LogP contribution in [0.2, 0.25) is 0 Å². The maximum Gasteiger partial charge on any atom is 0.135 e. The van der Waals surface area contributed by atoms with E-state index in [1.165, 1.54) is 18.3 Å². The average molecular weight is 422 g/mol. The second kappa shape index (κ2) is 6.98. The zero-order valence-electron chi connectivity index (χ0n) is 16.5. The van der Waals surface area contributed by atoms with Crippen LogP contribution in [0.15, 0.2) is 73.2 Å². The Morgan fingerprint density at radius 1 is 0.844 bits per heavy atom. The lowest BCUT2D eigenvalue weighted by Gasteiger charge is -2.02. The molecule has 154 valence electrons. The van der Waals surface area contributed by atoms with E-state index < -0.39 is 0 Å². The third kappa shape index (κ3) is 2.97. The highest BCUT2D eigenvalue weighted by molar-refractivity contribution is 5.99. The smallest absolute Gasteiger partial charge is 0.135 e. The van der Waals surface area contributed by atoms with Gasteiger partial charge >= 0.3 is 0 Å². The van der Waals surface area contributed by atoms with Crippen LogP contribution in [-0.2, 0) is 0 Å². The number of aromatic hydroxyl groups is 1. The van der Waals surface area contributed by atoms with E-state index in [0.717, 1.165) is 33.4 Å². The van der Waals surface area contributed by atoms with E-state index in [9.17, 15) is 9.50 Å². The van der Waals surface area contributed by atoms with Gasteiger partial charge in [0.15, 0.2) is 0 Å². The maximum atomic E-state index is 13.4. The van der Waals surface area contributed by atoms with E-state index in [2.05, 4.69) is 25.1 Å². The highest BCUT2D eigenvalue weighted by Gasteiger charge is 2.16. The van der Waals surface area contributed by atoms with Crippen molar-refractivity contribution in [1.29, 1.82) is 0 Å². The summed E-state index contributed by atoms with van der Waals surface area (Å²) in [6, 6.07) is 15.5. The molecule has 0 atom stereocenters. The molecule has 0 aliphatic rings. The summed E-state index contributed by atoms with van der Waals surface area (Å²) < 4.78 is 13.4. The predicted octanol–water partition coefficient (Wildman–Crippen LogP) is 5.07. The number of rotatable bonds is 3. The largest absolute Gasteiger partial charge is 0.506 e. The fourth-order valence-electron chi connectivity index (χ4n) is 3.83. The Labute approximate surface area is 180 Å². The number of halogens is 1. The molecule has 32 heavy (non-hydrogen) atoms. The minimum atomic E-state index is -0.289. The molecular formula is C24H15FN6O. The maximum absolute atomic E-state index is 13.4. The van der Waals surface area contributed by atoms with Crippen LogP contribution < -0.4 is 0 Å². The SMILES string of the molecule is Oc1cncc(-c2ccc3[nH]nc(-c4cc5c(-c6ccc(F)cc6)nccc5[nH]4)c3n2)c1. The number of aromatic nitrogens is 6. The zero-order chi connectivity index (χ0) is 21.7. The van der Waals surface area contributed by atoms with Gasteiger partial charge in [0.1, 0.15) is 22.8 Å². The molecule has 0 spiro atoms. The third-order valence-corrected chi connectivity index (χ3v) is 5.35.